The summed E-state index contributed by atoms with van der Waals surface area (Å²) in [5.41, 5.74) is 0. The van der Waals surface area contributed by atoms with Crippen LogP contribution in [0.1, 0.15) is 6.92 Å². The van der Waals surface area contributed by atoms with Crippen LogP contribution < -0.4 is 0 Å². The smallest absolute Gasteiger partial charge is 0.221 e. The van der Waals surface area contributed by atoms with Crippen molar-refractivity contribution in [1.82, 2.24) is 0 Å². The average molecular weight is 88.1 g/mol. The van der Waals surface area contributed by atoms with E-state index in [9.17, 15) is 0 Å². The molecule has 0 rings (SSSR count). The maximum absolute atomic E-state index is 8.04. The van der Waals surface area contributed by atoms with Gasteiger partial charge in [-0.3, -0.25) is 0 Å². The van der Waals surface area contributed by atoms with Gasteiger partial charge in [-0.15, -0.1) is 0 Å². The third-order valence-electron chi connectivity index (χ3n) is 0.441. The predicted molar refractivity (Wildman–Crippen MR) is 21.6 cm³/mol. The first kappa shape index (κ1) is 5.92. The topological polar surface area (TPSA) is 40.5 Å². The van der Waals surface area contributed by atoms with Gasteiger partial charge in [-0.1, -0.05) is 6.92 Å². The van der Waals surface area contributed by atoms with Crippen LogP contribution in [0.2, 0.25) is 0 Å². The molecule has 1 unspecified atom stereocenters. The Balaban J connectivity index is 2.99. The van der Waals surface area contributed by atoms with E-state index >= 15 is 0 Å². The molecule has 0 saturated carbocycles. The molecule has 36 valence electrons. The van der Waals surface area contributed by atoms with E-state index in [2.05, 4.69) is 6.92 Å². The summed E-state index contributed by atoms with van der Waals surface area (Å²) in [6.45, 7) is 4.89. The van der Waals surface area contributed by atoms with Crippen molar-refractivity contribution >= 4 is 0 Å². The number of hydrogen-bond donors (Lipinski definition) is 2. The Labute approximate surface area is 37.4 Å². The lowest BCUT2D eigenvalue weighted by molar-refractivity contribution is 0.0525. The minimum atomic E-state index is -0.602. The van der Waals surface area contributed by atoms with Gasteiger partial charge in [0, 0.05) is 5.92 Å². The summed E-state index contributed by atoms with van der Waals surface area (Å²) in [5, 5.41) is 16.1. The molecule has 0 aromatic carbocycles. The minimum absolute atomic E-state index is 0.370. The van der Waals surface area contributed by atoms with Crippen LogP contribution in [0.15, 0.2) is 0 Å². The van der Waals surface area contributed by atoms with Crippen molar-refractivity contribution in [3.05, 3.63) is 13.2 Å². The molecule has 0 bridgehead atoms. The van der Waals surface area contributed by atoms with Crippen LogP contribution in [0.5, 0.6) is 0 Å². The Morgan fingerprint density at radius 1 is 1.67 bits per heavy atom. The molecule has 0 aliphatic carbocycles. The second kappa shape index (κ2) is 2.16. The van der Waals surface area contributed by atoms with Crippen LogP contribution >= 0.6 is 0 Å². The highest BCUT2D eigenvalue weighted by Gasteiger charge is 2.02. The van der Waals surface area contributed by atoms with Gasteiger partial charge in [-0.25, -0.2) is 0 Å². The molecular formula is C4H8O2. The van der Waals surface area contributed by atoms with Crippen molar-refractivity contribution in [2.45, 2.75) is 6.92 Å². The van der Waals surface area contributed by atoms with E-state index < -0.39 is 6.29 Å². The molecule has 0 heterocycles. The Hall–Kier alpha value is -0.0800. The lowest BCUT2D eigenvalue weighted by Gasteiger charge is -2.00. The first-order valence-electron chi connectivity index (χ1n) is 1.72. The highest BCUT2D eigenvalue weighted by atomic mass is 16.5. The minimum Gasteiger partial charge on any atom is -0.361 e. The molecule has 0 aliphatic rings. The fourth-order valence-corrected chi connectivity index (χ4v) is 0. The number of aliphatic hydroxyl groups excluding tert-OH is 1. The lowest BCUT2D eigenvalue weighted by atomic mass is 10.2. The molecule has 2 heteroatoms. The van der Waals surface area contributed by atoms with E-state index in [1.807, 2.05) is 0 Å². The molecule has 0 aromatic heterocycles. The fraction of sp³-hybridized carbons (Fsp3) is 0.500. The predicted octanol–water partition coefficient (Wildman–Crippen LogP) is 0.691. The fourth-order valence-electron chi connectivity index (χ4n) is 0. The van der Waals surface area contributed by atoms with Crippen molar-refractivity contribution in [1.29, 1.82) is 0 Å². The summed E-state index contributed by atoms with van der Waals surface area (Å²) < 4.78 is 0. The van der Waals surface area contributed by atoms with Gasteiger partial charge in [0.25, 0.3) is 0 Å². The summed E-state index contributed by atoms with van der Waals surface area (Å²) in [7, 11) is 0. The second-order valence-electron chi connectivity index (χ2n) is 1.26. The van der Waals surface area contributed by atoms with Gasteiger partial charge in [-0.2, -0.15) is 0 Å². The number of rotatable bonds is 1. The summed E-state index contributed by atoms with van der Waals surface area (Å²) in [6.07, 6.45) is -0.602. The van der Waals surface area contributed by atoms with Crippen LogP contribution in [0.3, 0.4) is 0 Å². The molecule has 0 amide bonds. The van der Waals surface area contributed by atoms with Gasteiger partial charge >= 0.3 is 0 Å². The molecule has 2 radical (unpaired) electrons. The van der Waals surface area contributed by atoms with Gasteiger partial charge in [0.05, 0.1) is 0 Å². The maximum atomic E-state index is 8.04. The van der Waals surface area contributed by atoms with Crippen molar-refractivity contribution in [3.8, 4) is 0 Å². The largest absolute Gasteiger partial charge is 0.361 e. The molecule has 2 N–H and O–H groups in total. The third-order valence-corrected chi connectivity index (χ3v) is 0.441. The van der Waals surface area contributed by atoms with E-state index in [-0.39, 0.29) is 5.92 Å². The first-order chi connectivity index (χ1) is 2.64. The molecule has 2 nitrogen and oxygen atoms in total. The van der Waals surface area contributed by atoms with Crippen LogP contribution in [0, 0.1) is 19.1 Å². The number of hydrogen-bond acceptors (Lipinski definition) is 2. The molecular weight excluding hydrogens is 80.0 g/mol. The Morgan fingerprint density at radius 2 is 1.83 bits per heavy atom. The molecule has 0 spiro atoms. The van der Waals surface area contributed by atoms with Crippen molar-refractivity contribution in [3.63, 3.8) is 0 Å². The van der Waals surface area contributed by atoms with Crippen LogP contribution in [-0.4, -0.2) is 10.2 Å². The lowest BCUT2D eigenvalue weighted by Crippen LogP contribution is -2.01. The molecule has 0 fully saturated rings. The van der Waals surface area contributed by atoms with E-state index in [4.69, 9.17) is 10.2 Å². The average Bonchev–Trinajstić information content (AvgIpc) is 1.36. The zero-order chi connectivity index (χ0) is 5.15. The normalized spacial score (nSPS) is 11.0. The van der Waals surface area contributed by atoms with E-state index in [1.54, 1.807) is 6.92 Å². The third kappa shape index (κ3) is 2.18. The van der Waals surface area contributed by atoms with Crippen molar-refractivity contribution < 1.29 is 10.2 Å². The van der Waals surface area contributed by atoms with E-state index in [1.165, 1.54) is 0 Å². The number of aliphatic hydroxyl groups is 2. The summed E-state index contributed by atoms with van der Waals surface area (Å²) >= 11 is 0. The monoisotopic (exact) mass is 88.1 g/mol. The highest BCUT2D eigenvalue weighted by molar-refractivity contribution is 4.68. The molecule has 0 aliphatic heterocycles. The summed E-state index contributed by atoms with van der Waals surface area (Å²) in [5.74, 6) is -0.370. The molecule has 0 aromatic rings. The quantitative estimate of drug-likeness (QED) is 0.495. The van der Waals surface area contributed by atoms with Crippen LogP contribution in [0.25, 0.3) is 0 Å². The first-order valence-corrected chi connectivity index (χ1v) is 1.72. The van der Waals surface area contributed by atoms with Crippen molar-refractivity contribution in [2.75, 3.05) is 0 Å². The SMILES string of the molecule is [CH2]C(C)[C](O)O. The summed E-state index contributed by atoms with van der Waals surface area (Å²) in [4.78, 5) is 0. The van der Waals surface area contributed by atoms with Gasteiger partial charge in [-0.05, 0) is 6.92 Å². The zero-order valence-electron chi connectivity index (χ0n) is 3.68. The van der Waals surface area contributed by atoms with Gasteiger partial charge < -0.3 is 10.2 Å². The van der Waals surface area contributed by atoms with Gasteiger partial charge in [0.15, 0.2) is 0 Å². The standard InChI is InChI=1S/C4H8O2/c1-3(2)4(5)6/h3,5-6H,1H2,2H3. The van der Waals surface area contributed by atoms with E-state index in [0.29, 0.717) is 0 Å². The maximum Gasteiger partial charge on any atom is 0.221 e. The molecule has 6 heavy (non-hydrogen) atoms. The van der Waals surface area contributed by atoms with Crippen LogP contribution in [0.4, 0.5) is 0 Å². The second-order valence-corrected chi connectivity index (χ2v) is 1.26. The van der Waals surface area contributed by atoms with E-state index in [0.717, 1.165) is 0 Å². The Kier molecular flexibility index (Phi) is 2.13. The van der Waals surface area contributed by atoms with Gasteiger partial charge in [0.2, 0.25) is 6.29 Å². The van der Waals surface area contributed by atoms with Crippen molar-refractivity contribution in [2.24, 2.45) is 5.92 Å². The molecule has 0 saturated heterocycles. The molecule has 1 atom stereocenters. The zero-order valence-corrected chi connectivity index (χ0v) is 3.68. The summed E-state index contributed by atoms with van der Waals surface area (Å²) in [6, 6.07) is 0. The highest BCUT2D eigenvalue weighted by Crippen LogP contribution is 2.01. The van der Waals surface area contributed by atoms with Crippen LogP contribution in [-0.2, 0) is 0 Å². The Bertz CT molecular complexity index is 26.5. The Morgan fingerprint density at radius 3 is 1.83 bits per heavy atom. The van der Waals surface area contributed by atoms with Gasteiger partial charge in [0.1, 0.15) is 0 Å².